The van der Waals surface area contributed by atoms with E-state index < -0.39 is 0 Å². The maximum Gasteiger partial charge on any atom is 0.291 e. The van der Waals surface area contributed by atoms with Gasteiger partial charge in [0, 0.05) is 16.7 Å². The average molecular weight is 373 g/mol. The summed E-state index contributed by atoms with van der Waals surface area (Å²) in [4.78, 5) is 23.9. The van der Waals surface area contributed by atoms with Gasteiger partial charge in [0.1, 0.15) is 5.76 Å². The number of para-hydroxylation sites is 1. The Bertz CT molecular complexity index is 898. The smallest absolute Gasteiger partial charge is 0.291 e. The van der Waals surface area contributed by atoms with Gasteiger partial charge < -0.3 is 14.3 Å². The number of hydrogen-bond donors (Lipinski definition) is 1. The van der Waals surface area contributed by atoms with Crippen molar-refractivity contribution in [3.63, 3.8) is 0 Å². The van der Waals surface area contributed by atoms with E-state index in [2.05, 4.69) is 21.2 Å². The second kappa shape index (κ2) is 6.66. The van der Waals surface area contributed by atoms with Crippen molar-refractivity contribution in [3.8, 4) is 0 Å². The normalized spacial score (nSPS) is 10.5. The number of hydrogen-bond acceptors (Lipinski definition) is 3. The zero-order valence-electron chi connectivity index (χ0n) is 12.0. The van der Waals surface area contributed by atoms with Crippen molar-refractivity contribution >= 4 is 27.5 Å². The van der Waals surface area contributed by atoms with Crippen LogP contribution in [-0.4, -0.2) is 10.5 Å². The number of pyridine rings is 1. The first kappa shape index (κ1) is 15.3. The second-order valence-electron chi connectivity index (χ2n) is 4.87. The fourth-order valence-electron chi connectivity index (χ4n) is 2.09. The van der Waals surface area contributed by atoms with E-state index in [0.717, 1.165) is 4.47 Å². The molecule has 0 saturated carbocycles. The number of carbonyl (C=O) groups excluding carboxylic acids is 1. The van der Waals surface area contributed by atoms with Crippen LogP contribution >= 0.6 is 15.9 Å². The van der Waals surface area contributed by atoms with Gasteiger partial charge in [-0.05, 0) is 46.3 Å². The number of nitrogens with zero attached hydrogens (tertiary/aromatic N) is 1. The molecule has 0 atom stereocenters. The number of carbonyl (C=O) groups is 1. The number of halogens is 1. The molecule has 3 aromatic rings. The lowest BCUT2D eigenvalue weighted by molar-refractivity contribution is 0.0994. The van der Waals surface area contributed by atoms with Crippen LogP contribution < -0.4 is 10.9 Å². The van der Waals surface area contributed by atoms with Gasteiger partial charge in [-0.15, -0.1) is 0 Å². The van der Waals surface area contributed by atoms with E-state index in [9.17, 15) is 9.59 Å². The third kappa shape index (κ3) is 3.60. The lowest BCUT2D eigenvalue weighted by atomic mass is 10.3. The van der Waals surface area contributed by atoms with Crippen LogP contribution in [0.25, 0.3) is 0 Å². The number of furan rings is 1. The Kier molecular flexibility index (Phi) is 4.43. The van der Waals surface area contributed by atoms with Gasteiger partial charge in [0.25, 0.3) is 11.5 Å². The highest BCUT2D eigenvalue weighted by Gasteiger charge is 2.13. The number of nitrogens with one attached hydrogen (secondary N) is 1. The molecule has 116 valence electrons. The minimum absolute atomic E-state index is 0.122. The SMILES string of the molecule is O=C(Nc1ccccc1Br)c1ccc(Cn2ccccc2=O)o1. The van der Waals surface area contributed by atoms with Crippen molar-refractivity contribution in [2.45, 2.75) is 6.54 Å². The number of aromatic nitrogens is 1. The third-order valence-electron chi connectivity index (χ3n) is 3.23. The molecule has 0 radical (unpaired) electrons. The fraction of sp³-hybridized carbons (Fsp3) is 0.0588. The van der Waals surface area contributed by atoms with Crippen molar-refractivity contribution in [3.05, 3.63) is 87.1 Å². The van der Waals surface area contributed by atoms with E-state index in [-0.39, 0.29) is 23.8 Å². The minimum atomic E-state index is -0.344. The van der Waals surface area contributed by atoms with Gasteiger partial charge in [-0.1, -0.05) is 18.2 Å². The molecule has 0 saturated heterocycles. The summed E-state index contributed by atoms with van der Waals surface area (Å²) in [6.07, 6.45) is 1.67. The number of anilines is 1. The molecule has 0 unspecified atom stereocenters. The van der Waals surface area contributed by atoms with Crippen LogP contribution in [0.2, 0.25) is 0 Å². The fourth-order valence-corrected chi connectivity index (χ4v) is 2.47. The Labute approximate surface area is 140 Å². The zero-order chi connectivity index (χ0) is 16.2. The summed E-state index contributed by atoms with van der Waals surface area (Å²) in [6, 6.07) is 15.5. The lowest BCUT2D eigenvalue weighted by Crippen LogP contribution is -2.18. The molecule has 0 aliphatic carbocycles. The van der Waals surface area contributed by atoms with E-state index in [1.54, 1.807) is 36.5 Å². The monoisotopic (exact) mass is 372 g/mol. The largest absolute Gasteiger partial charge is 0.454 e. The Morgan fingerprint density at radius 3 is 2.65 bits per heavy atom. The van der Waals surface area contributed by atoms with Crippen LogP contribution in [-0.2, 0) is 6.54 Å². The predicted molar refractivity (Wildman–Crippen MR) is 90.6 cm³/mol. The van der Waals surface area contributed by atoms with Crippen LogP contribution in [0.3, 0.4) is 0 Å². The molecule has 0 bridgehead atoms. The van der Waals surface area contributed by atoms with Crippen molar-refractivity contribution in [1.82, 2.24) is 4.57 Å². The summed E-state index contributed by atoms with van der Waals surface area (Å²) in [5, 5.41) is 2.77. The highest BCUT2D eigenvalue weighted by atomic mass is 79.9. The summed E-state index contributed by atoms with van der Waals surface area (Å²) in [5.74, 6) is 0.388. The maximum atomic E-state index is 12.2. The highest BCUT2D eigenvalue weighted by Crippen LogP contribution is 2.22. The molecule has 1 N–H and O–H groups in total. The third-order valence-corrected chi connectivity index (χ3v) is 3.92. The van der Waals surface area contributed by atoms with E-state index in [4.69, 9.17) is 4.42 Å². The van der Waals surface area contributed by atoms with Crippen LogP contribution in [0.15, 0.2) is 74.5 Å². The summed E-state index contributed by atoms with van der Waals surface area (Å²) >= 11 is 3.37. The Hall–Kier alpha value is -2.60. The number of benzene rings is 1. The highest BCUT2D eigenvalue weighted by molar-refractivity contribution is 9.10. The molecule has 3 rings (SSSR count). The van der Waals surface area contributed by atoms with Crippen LogP contribution in [0.4, 0.5) is 5.69 Å². The summed E-state index contributed by atoms with van der Waals surface area (Å²) in [6.45, 7) is 0.280. The summed E-state index contributed by atoms with van der Waals surface area (Å²) < 4.78 is 7.83. The van der Waals surface area contributed by atoms with Gasteiger partial charge in [0.2, 0.25) is 0 Å². The molecule has 1 aromatic carbocycles. The topological polar surface area (TPSA) is 64.2 Å². The van der Waals surface area contributed by atoms with Crippen LogP contribution in [0.5, 0.6) is 0 Å². The van der Waals surface area contributed by atoms with Gasteiger partial charge in [0.15, 0.2) is 5.76 Å². The molecule has 1 amide bonds. The summed E-state index contributed by atoms with van der Waals surface area (Å²) in [5.41, 5.74) is 0.540. The van der Waals surface area contributed by atoms with E-state index in [0.29, 0.717) is 11.4 Å². The van der Waals surface area contributed by atoms with Crippen molar-refractivity contribution in [1.29, 1.82) is 0 Å². The number of amides is 1. The molecular formula is C17H13BrN2O3. The first-order chi connectivity index (χ1) is 11.1. The lowest BCUT2D eigenvalue weighted by Gasteiger charge is -2.05. The molecule has 5 nitrogen and oxygen atoms in total. The summed E-state index contributed by atoms with van der Waals surface area (Å²) in [7, 11) is 0. The van der Waals surface area contributed by atoms with Gasteiger partial charge in [-0.2, -0.15) is 0 Å². The van der Waals surface area contributed by atoms with E-state index in [1.165, 1.54) is 10.6 Å². The second-order valence-corrected chi connectivity index (χ2v) is 5.72. The van der Waals surface area contributed by atoms with E-state index in [1.807, 2.05) is 18.2 Å². The average Bonchev–Trinajstić information content (AvgIpc) is 3.01. The van der Waals surface area contributed by atoms with Crippen molar-refractivity contribution < 1.29 is 9.21 Å². The van der Waals surface area contributed by atoms with Gasteiger partial charge in [-0.25, -0.2) is 0 Å². The molecule has 23 heavy (non-hydrogen) atoms. The maximum absolute atomic E-state index is 12.2. The van der Waals surface area contributed by atoms with Crippen LogP contribution in [0, 0.1) is 0 Å². The molecule has 0 aliphatic heterocycles. The van der Waals surface area contributed by atoms with Crippen molar-refractivity contribution in [2.24, 2.45) is 0 Å². The van der Waals surface area contributed by atoms with Crippen LogP contribution in [0.1, 0.15) is 16.3 Å². The Balaban J connectivity index is 1.74. The molecule has 0 fully saturated rings. The predicted octanol–water partition coefficient (Wildman–Crippen LogP) is 3.50. The minimum Gasteiger partial charge on any atom is -0.454 e. The standard InChI is InChI=1S/C17H13BrN2O3/c18-13-5-1-2-6-14(13)19-17(22)15-9-8-12(23-15)11-20-10-4-3-7-16(20)21/h1-10H,11H2,(H,19,22). The van der Waals surface area contributed by atoms with E-state index >= 15 is 0 Å². The number of rotatable bonds is 4. The zero-order valence-corrected chi connectivity index (χ0v) is 13.6. The van der Waals surface area contributed by atoms with Crippen molar-refractivity contribution in [2.75, 3.05) is 5.32 Å². The molecular weight excluding hydrogens is 360 g/mol. The Morgan fingerprint density at radius 1 is 1.09 bits per heavy atom. The molecule has 0 aliphatic rings. The molecule has 0 spiro atoms. The van der Waals surface area contributed by atoms with Gasteiger partial charge >= 0.3 is 0 Å². The van der Waals surface area contributed by atoms with Gasteiger partial charge in [0.05, 0.1) is 12.2 Å². The molecule has 2 heterocycles. The van der Waals surface area contributed by atoms with Gasteiger partial charge in [-0.3, -0.25) is 9.59 Å². The molecule has 6 heteroatoms. The molecule has 2 aromatic heterocycles. The first-order valence-corrected chi connectivity index (χ1v) is 7.73. The Morgan fingerprint density at radius 2 is 1.87 bits per heavy atom. The first-order valence-electron chi connectivity index (χ1n) is 6.93. The quantitative estimate of drug-likeness (QED) is 0.761.